The maximum atomic E-state index is 10.8. The molecule has 4 nitrogen and oxygen atoms in total. The standard InChI is InChI=1S/C14H20N2O2S/c1-3-19-13-7-5-11(8-13)15-14-9-12(16(17)18)6-4-10(14)2/h4,6,9,11,13,15H,3,5,7-8H2,1-2H3. The monoisotopic (exact) mass is 280 g/mol. The number of aryl methyl sites for hydroxylation is 1. The number of anilines is 1. The second-order valence-electron chi connectivity index (χ2n) is 4.99. The van der Waals surface area contributed by atoms with Gasteiger partial charge in [-0.3, -0.25) is 10.1 Å². The van der Waals surface area contributed by atoms with E-state index in [1.807, 2.05) is 24.8 Å². The molecule has 1 aliphatic rings. The zero-order valence-corrected chi connectivity index (χ0v) is 12.2. The highest BCUT2D eigenvalue weighted by molar-refractivity contribution is 7.99. The van der Waals surface area contributed by atoms with Crippen molar-refractivity contribution in [1.82, 2.24) is 0 Å². The molecule has 1 aliphatic carbocycles. The molecular weight excluding hydrogens is 260 g/mol. The number of hydrogen-bond acceptors (Lipinski definition) is 4. The lowest BCUT2D eigenvalue weighted by atomic mass is 10.1. The number of nitro groups is 1. The summed E-state index contributed by atoms with van der Waals surface area (Å²) in [4.78, 5) is 10.5. The molecule has 2 atom stereocenters. The molecule has 104 valence electrons. The summed E-state index contributed by atoms with van der Waals surface area (Å²) < 4.78 is 0. The first-order valence-electron chi connectivity index (χ1n) is 6.73. The van der Waals surface area contributed by atoms with Crippen molar-refractivity contribution in [3.63, 3.8) is 0 Å². The molecular formula is C14H20N2O2S. The number of thioether (sulfide) groups is 1. The number of nitrogens with zero attached hydrogens (tertiary/aromatic N) is 1. The van der Waals surface area contributed by atoms with Gasteiger partial charge in [-0.15, -0.1) is 0 Å². The van der Waals surface area contributed by atoms with E-state index in [0.29, 0.717) is 6.04 Å². The first kappa shape index (κ1) is 14.2. The van der Waals surface area contributed by atoms with Gasteiger partial charge in [-0.2, -0.15) is 11.8 Å². The normalized spacial score (nSPS) is 22.4. The smallest absolute Gasteiger partial charge is 0.271 e. The summed E-state index contributed by atoms with van der Waals surface area (Å²) in [5, 5.41) is 15.0. The first-order chi connectivity index (χ1) is 9.10. The summed E-state index contributed by atoms with van der Waals surface area (Å²) in [6, 6.07) is 5.47. The fourth-order valence-corrected chi connectivity index (χ4v) is 3.70. The van der Waals surface area contributed by atoms with Crippen molar-refractivity contribution < 1.29 is 4.92 Å². The van der Waals surface area contributed by atoms with Crippen LogP contribution in [0.25, 0.3) is 0 Å². The summed E-state index contributed by atoms with van der Waals surface area (Å²) in [5.41, 5.74) is 2.13. The molecule has 0 aliphatic heterocycles. The molecule has 0 spiro atoms. The van der Waals surface area contributed by atoms with E-state index in [1.54, 1.807) is 12.1 Å². The lowest BCUT2D eigenvalue weighted by Crippen LogP contribution is -2.16. The quantitative estimate of drug-likeness (QED) is 0.654. The van der Waals surface area contributed by atoms with Gasteiger partial charge in [0, 0.05) is 29.1 Å². The minimum Gasteiger partial charge on any atom is -0.382 e. The van der Waals surface area contributed by atoms with Crippen LogP contribution < -0.4 is 5.32 Å². The van der Waals surface area contributed by atoms with Crippen LogP contribution in [0.15, 0.2) is 18.2 Å². The summed E-state index contributed by atoms with van der Waals surface area (Å²) in [7, 11) is 0. The molecule has 1 fully saturated rings. The van der Waals surface area contributed by atoms with Gasteiger partial charge >= 0.3 is 0 Å². The zero-order chi connectivity index (χ0) is 13.8. The van der Waals surface area contributed by atoms with Crippen LogP contribution in [0.5, 0.6) is 0 Å². The summed E-state index contributed by atoms with van der Waals surface area (Å²) in [5.74, 6) is 1.16. The minimum atomic E-state index is -0.338. The SMILES string of the molecule is CCSC1CCC(Nc2cc([N+](=O)[O-])ccc2C)C1. The van der Waals surface area contributed by atoms with Crippen molar-refractivity contribution in [2.75, 3.05) is 11.1 Å². The van der Waals surface area contributed by atoms with Gasteiger partial charge in [0.25, 0.3) is 5.69 Å². The van der Waals surface area contributed by atoms with Crippen molar-refractivity contribution >= 4 is 23.1 Å². The van der Waals surface area contributed by atoms with Crippen molar-refractivity contribution in [1.29, 1.82) is 0 Å². The second-order valence-corrected chi connectivity index (χ2v) is 6.57. The van der Waals surface area contributed by atoms with Gasteiger partial charge in [0.05, 0.1) is 4.92 Å². The Morgan fingerprint density at radius 3 is 2.95 bits per heavy atom. The lowest BCUT2D eigenvalue weighted by Gasteiger charge is -2.16. The molecule has 2 rings (SSSR count). The Hall–Kier alpha value is -1.23. The van der Waals surface area contributed by atoms with Crippen LogP contribution in [0.3, 0.4) is 0 Å². The largest absolute Gasteiger partial charge is 0.382 e. The highest BCUT2D eigenvalue weighted by Gasteiger charge is 2.25. The Kier molecular flexibility index (Phi) is 4.69. The predicted molar refractivity (Wildman–Crippen MR) is 81.0 cm³/mol. The second kappa shape index (κ2) is 6.28. The Morgan fingerprint density at radius 1 is 1.47 bits per heavy atom. The van der Waals surface area contributed by atoms with Crippen molar-refractivity contribution in [3.8, 4) is 0 Å². The van der Waals surface area contributed by atoms with E-state index in [4.69, 9.17) is 0 Å². The average Bonchev–Trinajstić information content (AvgIpc) is 2.80. The van der Waals surface area contributed by atoms with E-state index in [0.717, 1.165) is 35.1 Å². The Morgan fingerprint density at radius 2 is 2.26 bits per heavy atom. The topological polar surface area (TPSA) is 55.2 Å². The molecule has 0 aromatic heterocycles. The van der Waals surface area contributed by atoms with Crippen molar-refractivity contribution in [3.05, 3.63) is 33.9 Å². The first-order valence-corrected chi connectivity index (χ1v) is 7.78. The lowest BCUT2D eigenvalue weighted by molar-refractivity contribution is -0.384. The predicted octanol–water partition coefficient (Wildman–Crippen LogP) is 3.99. The number of hydrogen-bond donors (Lipinski definition) is 1. The van der Waals surface area contributed by atoms with E-state index >= 15 is 0 Å². The number of rotatable bonds is 5. The fraction of sp³-hybridized carbons (Fsp3) is 0.571. The maximum absolute atomic E-state index is 10.8. The Balaban J connectivity index is 2.03. The third-order valence-corrected chi connectivity index (χ3v) is 4.81. The fourth-order valence-electron chi connectivity index (χ4n) is 2.56. The Bertz CT molecular complexity index is 465. The van der Waals surface area contributed by atoms with Crippen LogP contribution in [-0.4, -0.2) is 22.0 Å². The Labute approximate surface area is 118 Å². The number of benzene rings is 1. The summed E-state index contributed by atoms with van der Waals surface area (Å²) >= 11 is 2.02. The molecule has 0 amide bonds. The van der Waals surface area contributed by atoms with E-state index < -0.39 is 0 Å². The van der Waals surface area contributed by atoms with Crippen LogP contribution in [0.4, 0.5) is 11.4 Å². The van der Waals surface area contributed by atoms with Crippen LogP contribution >= 0.6 is 11.8 Å². The van der Waals surface area contributed by atoms with Gasteiger partial charge in [0.2, 0.25) is 0 Å². The van der Waals surface area contributed by atoms with E-state index in [9.17, 15) is 10.1 Å². The van der Waals surface area contributed by atoms with E-state index in [1.165, 1.54) is 6.42 Å². The van der Waals surface area contributed by atoms with Gasteiger partial charge in [-0.05, 0) is 37.5 Å². The molecule has 2 unspecified atom stereocenters. The molecule has 19 heavy (non-hydrogen) atoms. The van der Waals surface area contributed by atoms with Gasteiger partial charge in [0.1, 0.15) is 0 Å². The molecule has 0 radical (unpaired) electrons. The number of non-ortho nitro benzene ring substituents is 1. The molecule has 1 N–H and O–H groups in total. The molecule has 5 heteroatoms. The third-order valence-electron chi connectivity index (χ3n) is 3.58. The minimum absolute atomic E-state index is 0.158. The van der Waals surface area contributed by atoms with Crippen LogP contribution in [0.2, 0.25) is 0 Å². The molecule has 1 saturated carbocycles. The summed E-state index contributed by atoms with van der Waals surface area (Å²) in [6.45, 7) is 4.18. The van der Waals surface area contributed by atoms with Crippen LogP contribution in [0.1, 0.15) is 31.7 Å². The van der Waals surface area contributed by atoms with Gasteiger partial charge in [-0.25, -0.2) is 0 Å². The van der Waals surface area contributed by atoms with Crippen molar-refractivity contribution in [2.24, 2.45) is 0 Å². The molecule has 0 bridgehead atoms. The molecule has 0 heterocycles. The zero-order valence-electron chi connectivity index (χ0n) is 11.4. The van der Waals surface area contributed by atoms with Gasteiger partial charge in [-0.1, -0.05) is 13.0 Å². The van der Waals surface area contributed by atoms with Gasteiger partial charge < -0.3 is 5.32 Å². The highest BCUT2D eigenvalue weighted by atomic mass is 32.2. The van der Waals surface area contributed by atoms with Crippen molar-refractivity contribution in [2.45, 2.75) is 44.4 Å². The van der Waals surface area contributed by atoms with E-state index in [2.05, 4.69) is 12.2 Å². The number of nitrogens with one attached hydrogen (secondary N) is 1. The molecule has 1 aromatic carbocycles. The summed E-state index contributed by atoms with van der Waals surface area (Å²) in [6.07, 6.45) is 3.55. The number of nitro benzene ring substituents is 1. The molecule has 1 aromatic rings. The highest BCUT2D eigenvalue weighted by Crippen LogP contribution is 2.32. The van der Waals surface area contributed by atoms with Crippen LogP contribution in [0, 0.1) is 17.0 Å². The van der Waals surface area contributed by atoms with Crippen LogP contribution in [-0.2, 0) is 0 Å². The maximum Gasteiger partial charge on any atom is 0.271 e. The van der Waals surface area contributed by atoms with E-state index in [-0.39, 0.29) is 10.6 Å². The third kappa shape index (κ3) is 3.62. The van der Waals surface area contributed by atoms with Gasteiger partial charge in [0.15, 0.2) is 0 Å². The molecule has 0 saturated heterocycles. The average molecular weight is 280 g/mol.